The summed E-state index contributed by atoms with van der Waals surface area (Å²) < 4.78 is 0. The van der Waals surface area contributed by atoms with Crippen molar-refractivity contribution >= 4 is 22.2 Å². The van der Waals surface area contributed by atoms with E-state index in [-0.39, 0.29) is 18.1 Å². The topological polar surface area (TPSA) is 67.6 Å². The highest BCUT2D eigenvalue weighted by Gasteiger charge is 2.42. The fourth-order valence-electron chi connectivity index (χ4n) is 3.68. The Balaban J connectivity index is 1.75. The summed E-state index contributed by atoms with van der Waals surface area (Å²) in [5, 5.41) is 21.4. The van der Waals surface area contributed by atoms with E-state index in [1.54, 1.807) is 11.0 Å². The Hall–Kier alpha value is -1.42. The van der Waals surface area contributed by atoms with Crippen LogP contribution < -0.4 is 4.90 Å². The van der Waals surface area contributed by atoms with Crippen LogP contribution in [0.15, 0.2) is 11.4 Å². The highest BCUT2D eigenvalue weighted by atomic mass is 32.1. The summed E-state index contributed by atoms with van der Waals surface area (Å²) >= 11 is 1.46. The smallest absolute Gasteiger partial charge is 0.245 e. The molecule has 3 rings (SSSR count). The van der Waals surface area contributed by atoms with Crippen LogP contribution in [0.25, 0.3) is 0 Å². The SMILES string of the molecule is CC(O)CC1CCCN1C1CCN(c2sccc2C#N)C1=O. The second kappa shape index (κ2) is 6.37. The molecule has 0 saturated carbocycles. The Morgan fingerprint density at radius 2 is 2.32 bits per heavy atom. The van der Waals surface area contributed by atoms with E-state index in [1.165, 1.54) is 11.3 Å². The highest BCUT2D eigenvalue weighted by Crippen LogP contribution is 2.34. The molecule has 5 nitrogen and oxygen atoms in total. The van der Waals surface area contributed by atoms with Gasteiger partial charge in [-0.2, -0.15) is 5.26 Å². The molecule has 22 heavy (non-hydrogen) atoms. The van der Waals surface area contributed by atoms with Crippen molar-refractivity contribution in [2.45, 2.75) is 50.8 Å². The van der Waals surface area contributed by atoms with Gasteiger partial charge in [0.15, 0.2) is 0 Å². The third kappa shape index (κ3) is 2.76. The number of carbonyl (C=O) groups is 1. The van der Waals surface area contributed by atoms with Crippen LogP contribution in [-0.2, 0) is 4.79 Å². The molecule has 0 aromatic carbocycles. The van der Waals surface area contributed by atoms with Crippen LogP contribution in [0.3, 0.4) is 0 Å². The van der Waals surface area contributed by atoms with Crippen LogP contribution in [0.2, 0.25) is 0 Å². The quantitative estimate of drug-likeness (QED) is 0.921. The molecular weight excluding hydrogens is 298 g/mol. The standard InChI is InChI=1S/C16H21N3O2S/c1-11(20)9-13-3-2-6-18(13)14-4-7-19(15(14)21)16-12(10-17)5-8-22-16/h5,8,11,13-14,20H,2-4,6-7,9H2,1H3. The fraction of sp³-hybridized carbons (Fsp3) is 0.625. The average Bonchev–Trinajstić information content (AvgIpc) is 3.17. The number of hydrogen-bond donors (Lipinski definition) is 1. The Morgan fingerprint density at radius 3 is 3.05 bits per heavy atom. The normalized spacial score (nSPS) is 27.3. The lowest BCUT2D eigenvalue weighted by Gasteiger charge is -2.30. The lowest BCUT2D eigenvalue weighted by atomic mass is 10.1. The van der Waals surface area contributed by atoms with E-state index in [0.29, 0.717) is 18.2 Å². The number of rotatable bonds is 4. The maximum Gasteiger partial charge on any atom is 0.245 e. The fourth-order valence-corrected chi connectivity index (χ4v) is 4.57. The molecule has 0 aliphatic carbocycles. The monoisotopic (exact) mass is 319 g/mol. The molecule has 1 amide bonds. The van der Waals surface area contributed by atoms with E-state index in [9.17, 15) is 9.90 Å². The van der Waals surface area contributed by atoms with Gasteiger partial charge in [-0.25, -0.2) is 0 Å². The molecule has 118 valence electrons. The van der Waals surface area contributed by atoms with Crippen molar-refractivity contribution in [3.63, 3.8) is 0 Å². The minimum absolute atomic E-state index is 0.0973. The molecule has 3 unspecified atom stereocenters. The van der Waals surface area contributed by atoms with Crippen LogP contribution in [-0.4, -0.2) is 47.2 Å². The van der Waals surface area contributed by atoms with E-state index in [0.717, 1.165) is 37.2 Å². The number of amides is 1. The molecule has 0 radical (unpaired) electrons. The van der Waals surface area contributed by atoms with Gasteiger partial charge in [0.05, 0.1) is 17.7 Å². The van der Waals surface area contributed by atoms with Crippen LogP contribution >= 0.6 is 11.3 Å². The summed E-state index contributed by atoms with van der Waals surface area (Å²) in [7, 11) is 0. The summed E-state index contributed by atoms with van der Waals surface area (Å²) in [5.41, 5.74) is 0.584. The predicted octanol–water partition coefficient (Wildman–Crippen LogP) is 1.96. The number of aliphatic hydroxyl groups is 1. The second-order valence-electron chi connectivity index (χ2n) is 6.16. The van der Waals surface area contributed by atoms with Crippen molar-refractivity contribution in [2.75, 3.05) is 18.0 Å². The highest BCUT2D eigenvalue weighted by molar-refractivity contribution is 7.14. The Morgan fingerprint density at radius 1 is 1.50 bits per heavy atom. The minimum Gasteiger partial charge on any atom is -0.393 e. The predicted molar refractivity (Wildman–Crippen MR) is 85.8 cm³/mol. The van der Waals surface area contributed by atoms with E-state index in [1.807, 2.05) is 12.3 Å². The van der Waals surface area contributed by atoms with Crippen LogP contribution in [0.1, 0.15) is 38.2 Å². The van der Waals surface area contributed by atoms with Gasteiger partial charge >= 0.3 is 0 Å². The zero-order valence-corrected chi connectivity index (χ0v) is 13.6. The maximum absolute atomic E-state index is 12.8. The van der Waals surface area contributed by atoms with Gasteiger partial charge in [-0.3, -0.25) is 9.69 Å². The number of thiophene rings is 1. The van der Waals surface area contributed by atoms with Crippen molar-refractivity contribution in [2.24, 2.45) is 0 Å². The third-order valence-corrected chi connectivity index (χ3v) is 5.56. The van der Waals surface area contributed by atoms with Gasteiger partial charge in [-0.15, -0.1) is 11.3 Å². The van der Waals surface area contributed by atoms with Gasteiger partial charge in [0.2, 0.25) is 5.91 Å². The Bertz CT molecular complexity index is 592. The molecule has 6 heteroatoms. The molecule has 0 spiro atoms. The number of nitriles is 1. The largest absolute Gasteiger partial charge is 0.393 e. The van der Waals surface area contributed by atoms with Crippen molar-refractivity contribution in [3.05, 3.63) is 17.0 Å². The average molecular weight is 319 g/mol. The molecule has 2 aliphatic rings. The lowest BCUT2D eigenvalue weighted by Crippen LogP contribution is -2.45. The summed E-state index contributed by atoms with van der Waals surface area (Å²) in [5.74, 6) is 0.108. The number of hydrogen-bond acceptors (Lipinski definition) is 5. The summed E-state index contributed by atoms with van der Waals surface area (Å²) in [6.07, 6.45) is 3.34. The zero-order chi connectivity index (χ0) is 15.7. The van der Waals surface area contributed by atoms with Crippen molar-refractivity contribution in [1.29, 1.82) is 5.26 Å². The first kappa shape index (κ1) is 15.5. The van der Waals surface area contributed by atoms with Gasteiger partial charge in [-0.1, -0.05) is 0 Å². The molecule has 1 aromatic heterocycles. The molecule has 3 atom stereocenters. The Labute approximate surface area is 134 Å². The molecule has 2 fully saturated rings. The molecule has 1 aromatic rings. The number of nitrogens with zero attached hydrogens (tertiary/aromatic N) is 3. The van der Waals surface area contributed by atoms with Crippen molar-refractivity contribution in [3.8, 4) is 6.07 Å². The first-order valence-corrected chi connectivity index (χ1v) is 8.72. The molecule has 0 bridgehead atoms. The van der Waals surface area contributed by atoms with Crippen LogP contribution in [0.4, 0.5) is 5.00 Å². The number of likely N-dealkylation sites (tertiary alicyclic amines) is 1. The van der Waals surface area contributed by atoms with Gasteiger partial charge < -0.3 is 10.0 Å². The third-order valence-electron chi connectivity index (χ3n) is 4.62. The van der Waals surface area contributed by atoms with Crippen LogP contribution in [0.5, 0.6) is 0 Å². The second-order valence-corrected chi connectivity index (χ2v) is 7.06. The van der Waals surface area contributed by atoms with Crippen molar-refractivity contribution in [1.82, 2.24) is 4.90 Å². The molecule has 1 N–H and O–H groups in total. The van der Waals surface area contributed by atoms with Gasteiger partial charge in [0.1, 0.15) is 11.1 Å². The van der Waals surface area contributed by atoms with Gasteiger partial charge in [-0.05, 0) is 50.6 Å². The molecule has 2 saturated heterocycles. The maximum atomic E-state index is 12.8. The van der Waals surface area contributed by atoms with E-state index in [4.69, 9.17) is 5.26 Å². The van der Waals surface area contributed by atoms with E-state index < -0.39 is 0 Å². The lowest BCUT2D eigenvalue weighted by molar-refractivity contribution is -0.122. The number of aliphatic hydroxyl groups excluding tert-OH is 1. The summed E-state index contributed by atoms with van der Waals surface area (Å²) in [6, 6.07) is 4.13. The molecule has 3 heterocycles. The van der Waals surface area contributed by atoms with E-state index in [2.05, 4.69) is 11.0 Å². The summed E-state index contributed by atoms with van der Waals surface area (Å²) in [4.78, 5) is 16.9. The van der Waals surface area contributed by atoms with Crippen LogP contribution in [0, 0.1) is 11.3 Å². The molecule has 2 aliphatic heterocycles. The first-order valence-electron chi connectivity index (χ1n) is 7.84. The van der Waals surface area contributed by atoms with E-state index >= 15 is 0 Å². The Kier molecular flexibility index (Phi) is 4.48. The summed E-state index contributed by atoms with van der Waals surface area (Å²) in [6.45, 7) is 3.41. The van der Waals surface area contributed by atoms with Crippen molar-refractivity contribution < 1.29 is 9.90 Å². The minimum atomic E-state index is -0.333. The van der Waals surface area contributed by atoms with Gasteiger partial charge in [0, 0.05) is 12.6 Å². The number of anilines is 1. The molecular formula is C16H21N3O2S. The number of carbonyl (C=O) groups excluding carboxylic acids is 1. The van der Waals surface area contributed by atoms with Gasteiger partial charge in [0.25, 0.3) is 0 Å². The zero-order valence-electron chi connectivity index (χ0n) is 12.7. The first-order chi connectivity index (χ1) is 10.6.